The van der Waals surface area contributed by atoms with Gasteiger partial charge in [0.1, 0.15) is 12.4 Å². The molecule has 31 heavy (non-hydrogen) atoms. The van der Waals surface area contributed by atoms with E-state index >= 15 is 0 Å². The normalized spacial score (nSPS) is 11.9. The minimum absolute atomic E-state index is 0.494. The lowest BCUT2D eigenvalue weighted by Gasteiger charge is -2.13. The molecule has 0 saturated heterocycles. The van der Waals surface area contributed by atoms with Gasteiger partial charge in [-0.25, -0.2) is 4.99 Å². The van der Waals surface area contributed by atoms with Crippen molar-refractivity contribution in [3.8, 4) is 0 Å². The van der Waals surface area contributed by atoms with Crippen molar-refractivity contribution >= 4 is 28.2 Å². The minimum Gasteiger partial charge on any atom is -0.356 e. The molecule has 0 fully saturated rings. The molecule has 0 spiro atoms. The first kappa shape index (κ1) is 21.1. The summed E-state index contributed by atoms with van der Waals surface area (Å²) in [5.74, 6) is 2.56. The summed E-state index contributed by atoms with van der Waals surface area (Å²) in [6.45, 7) is 5.09. The van der Waals surface area contributed by atoms with Crippen LogP contribution in [0.2, 0.25) is 0 Å². The van der Waals surface area contributed by atoms with Gasteiger partial charge in [-0.1, -0.05) is 24.3 Å². The Bertz CT molecular complexity index is 1120. The molecule has 3 aromatic heterocycles. The maximum absolute atomic E-state index is 4.74. The number of hydrogen-bond acceptors (Lipinski definition) is 4. The number of thiophene rings is 1. The molecule has 4 rings (SSSR count). The Balaban J connectivity index is 1.32. The van der Waals surface area contributed by atoms with Gasteiger partial charge in [0.05, 0.1) is 0 Å². The Kier molecular flexibility index (Phi) is 6.99. The number of hydrogen-bond donors (Lipinski definition) is 2. The van der Waals surface area contributed by atoms with E-state index in [1.807, 2.05) is 18.5 Å². The van der Waals surface area contributed by atoms with E-state index in [0.29, 0.717) is 6.54 Å². The number of nitrogens with one attached hydrogen (secondary N) is 2. The molecule has 0 aliphatic rings. The van der Waals surface area contributed by atoms with E-state index in [1.54, 1.807) is 11.3 Å². The highest BCUT2D eigenvalue weighted by Crippen LogP contribution is 2.15. The van der Waals surface area contributed by atoms with Crippen LogP contribution in [0.4, 0.5) is 0 Å². The van der Waals surface area contributed by atoms with Crippen molar-refractivity contribution in [1.82, 2.24) is 30.0 Å². The highest BCUT2D eigenvalue weighted by Gasteiger charge is 2.06. The molecule has 0 saturated carbocycles. The largest absolute Gasteiger partial charge is 0.356 e. The average Bonchev–Trinajstić information content (AvgIpc) is 3.52. The number of aliphatic imine (C=N–C) groups is 1. The smallest absolute Gasteiger partial charge is 0.191 e. The van der Waals surface area contributed by atoms with Gasteiger partial charge >= 0.3 is 0 Å². The standard InChI is InChI=1S/C23H29N7S/c1-18-27-28-22(29(18)2)17-26-23(25-13-10-20-8-5-16-31-20)24-12-6-14-30-15-11-19-7-3-4-9-21(19)30/h3-5,7-9,11,15-16H,6,10,12-14,17H2,1-2H3,(H2,24,25,26). The monoisotopic (exact) mass is 435 g/mol. The molecule has 3 heterocycles. The Morgan fingerprint density at radius 2 is 1.94 bits per heavy atom. The predicted octanol–water partition coefficient (Wildman–Crippen LogP) is 3.51. The molecule has 8 heteroatoms. The third-order valence-corrected chi connectivity index (χ3v) is 6.29. The van der Waals surface area contributed by atoms with Crippen molar-refractivity contribution < 1.29 is 0 Å². The minimum atomic E-state index is 0.494. The van der Waals surface area contributed by atoms with Crippen molar-refractivity contribution in [3.63, 3.8) is 0 Å². The zero-order chi connectivity index (χ0) is 21.5. The van der Waals surface area contributed by atoms with Crippen LogP contribution in [0.3, 0.4) is 0 Å². The van der Waals surface area contributed by atoms with Crippen molar-refractivity contribution in [1.29, 1.82) is 0 Å². The van der Waals surface area contributed by atoms with E-state index in [9.17, 15) is 0 Å². The number of aromatic nitrogens is 4. The van der Waals surface area contributed by atoms with Crippen LogP contribution in [0.15, 0.2) is 59.0 Å². The second kappa shape index (κ2) is 10.3. The maximum atomic E-state index is 4.74. The summed E-state index contributed by atoms with van der Waals surface area (Å²) >= 11 is 1.79. The van der Waals surface area contributed by atoms with Gasteiger partial charge in [-0.2, -0.15) is 0 Å². The van der Waals surface area contributed by atoms with Crippen molar-refractivity contribution in [2.24, 2.45) is 12.0 Å². The van der Waals surface area contributed by atoms with Gasteiger partial charge in [0.25, 0.3) is 0 Å². The van der Waals surface area contributed by atoms with E-state index in [0.717, 1.165) is 50.1 Å². The summed E-state index contributed by atoms with van der Waals surface area (Å²) in [5, 5.41) is 18.7. The van der Waals surface area contributed by atoms with Crippen molar-refractivity contribution in [2.75, 3.05) is 13.1 Å². The third kappa shape index (κ3) is 5.52. The number of benzene rings is 1. The summed E-state index contributed by atoms with van der Waals surface area (Å²) in [4.78, 5) is 6.11. The lowest BCUT2D eigenvalue weighted by atomic mass is 10.2. The first-order valence-electron chi connectivity index (χ1n) is 10.6. The second-order valence-corrected chi connectivity index (χ2v) is 8.52. The second-order valence-electron chi connectivity index (χ2n) is 7.49. The molecule has 1 aromatic carbocycles. The molecule has 0 aliphatic heterocycles. The fourth-order valence-electron chi connectivity index (χ4n) is 3.46. The lowest BCUT2D eigenvalue weighted by Crippen LogP contribution is -2.39. The summed E-state index contributed by atoms with van der Waals surface area (Å²) in [5.41, 5.74) is 1.28. The van der Waals surface area contributed by atoms with E-state index in [1.165, 1.54) is 15.8 Å². The maximum Gasteiger partial charge on any atom is 0.191 e. The molecule has 162 valence electrons. The Hall–Kier alpha value is -3.13. The molecular formula is C23H29N7S. The van der Waals surface area contributed by atoms with Crippen LogP contribution in [-0.4, -0.2) is 38.4 Å². The Morgan fingerprint density at radius 1 is 1.06 bits per heavy atom. The van der Waals surface area contributed by atoms with Gasteiger partial charge in [0, 0.05) is 43.3 Å². The molecule has 0 unspecified atom stereocenters. The van der Waals surface area contributed by atoms with Gasteiger partial charge in [-0.05, 0) is 48.7 Å². The molecule has 0 aliphatic carbocycles. The van der Waals surface area contributed by atoms with Crippen LogP contribution in [0.25, 0.3) is 10.9 Å². The number of fused-ring (bicyclic) bond motifs is 1. The summed E-state index contributed by atoms with van der Waals surface area (Å²) < 4.78 is 4.28. The van der Waals surface area contributed by atoms with Gasteiger partial charge in [0.15, 0.2) is 11.8 Å². The third-order valence-electron chi connectivity index (χ3n) is 5.35. The van der Waals surface area contributed by atoms with E-state index < -0.39 is 0 Å². The van der Waals surface area contributed by atoms with Crippen LogP contribution in [0, 0.1) is 6.92 Å². The van der Waals surface area contributed by atoms with Crippen LogP contribution in [0.1, 0.15) is 22.9 Å². The zero-order valence-corrected chi connectivity index (χ0v) is 18.9. The quantitative estimate of drug-likeness (QED) is 0.240. The fourth-order valence-corrected chi connectivity index (χ4v) is 4.17. The molecule has 0 amide bonds. The van der Waals surface area contributed by atoms with Crippen LogP contribution in [0.5, 0.6) is 0 Å². The Labute approximate surface area is 186 Å². The Morgan fingerprint density at radius 3 is 2.74 bits per heavy atom. The van der Waals surface area contributed by atoms with E-state index in [-0.39, 0.29) is 0 Å². The predicted molar refractivity (Wildman–Crippen MR) is 127 cm³/mol. The number of nitrogens with zero attached hydrogens (tertiary/aromatic N) is 5. The number of para-hydroxylation sites is 1. The van der Waals surface area contributed by atoms with Crippen LogP contribution in [-0.2, 0) is 26.6 Å². The van der Waals surface area contributed by atoms with Gasteiger partial charge in [0.2, 0.25) is 0 Å². The van der Waals surface area contributed by atoms with Crippen LogP contribution < -0.4 is 10.6 Å². The van der Waals surface area contributed by atoms with Crippen LogP contribution >= 0.6 is 11.3 Å². The summed E-state index contributed by atoms with van der Waals surface area (Å²) in [6, 6.07) is 14.9. The van der Waals surface area contributed by atoms with Gasteiger partial charge < -0.3 is 19.8 Å². The summed E-state index contributed by atoms with van der Waals surface area (Å²) in [7, 11) is 1.97. The molecule has 2 N–H and O–H groups in total. The van der Waals surface area contributed by atoms with Gasteiger partial charge in [-0.3, -0.25) is 0 Å². The van der Waals surface area contributed by atoms with E-state index in [4.69, 9.17) is 4.99 Å². The fraction of sp³-hybridized carbons (Fsp3) is 0.348. The first-order valence-corrected chi connectivity index (χ1v) is 11.5. The molecule has 0 bridgehead atoms. The number of rotatable bonds is 9. The number of guanidine groups is 1. The molecule has 0 atom stereocenters. The summed E-state index contributed by atoms with van der Waals surface area (Å²) in [6.07, 6.45) is 4.15. The molecular weight excluding hydrogens is 406 g/mol. The number of aryl methyl sites for hydroxylation is 2. The SMILES string of the molecule is Cc1nnc(CN=C(NCCCn2ccc3ccccc32)NCCc2cccs2)n1C. The lowest BCUT2D eigenvalue weighted by molar-refractivity contribution is 0.638. The highest BCUT2D eigenvalue weighted by molar-refractivity contribution is 7.09. The topological polar surface area (TPSA) is 72.1 Å². The van der Waals surface area contributed by atoms with Crippen molar-refractivity contribution in [2.45, 2.75) is 32.9 Å². The van der Waals surface area contributed by atoms with E-state index in [2.05, 4.69) is 79.4 Å². The van der Waals surface area contributed by atoms with Gasteiger partial charge in [-0.15, -0.1) is 21.5 Å². The van der Waals surface area contributed by atoms with Crippen molar-refractivity contribution in [3.05, 3.63) is 70.6 Å². The zero-order valence-electron chi connectivity index (χ0n) is 18.1. The average molecular weight is 436 g/mol. The molecule has 0 radical (unpaired) electrons. The first-order chi connectivity index (χ1) is 15.2. The molecule has 7 nitrogen and oxygen atoms in total. The molecule has 4 aromatic rings. The highest BCUT2D eigenvalue weighted by atomic mass is 32.1.